The molecule has 0 fully saturated rings. The van der Waals surface area contributed by atoms with E-state index in [1.54, 1.807) is 33.1 Å². The smallest absolute Gasteiger partial charge is 0.405 e. The third kappa shape index (κ3) is 4.23. The fraction of sp³-hybridized carbons (Fsp3) is 0.375. The molecule has 0 aliphatic carbocycles. The Balaban J connectivity index is 2.30. The summed E-state index contributed by atoms with van der Waals surface area (Å²) in [6.07, 6.45) is 0.378. The van der Waals surface area contributed by atoms with Gasteiger partial charge in [-0.05, 0) is 31.5 Å². The maximum atomic E-state index is 11.1. The van der Waals surface area contributed by atoms with Crippen LogP contribution in [0.5, 0.6) is 5.75 Å². The lowest BCUT2D eigenvalue weighted by atomic mass is 9.97. The van der Waals surface area contributed by atoms with Crippen molar-refractivity contribution < 1.29 is 24.2 Å². The Labute approximate surface area is 133 Å². The molecule has 1 amide bonds. The molecule has 1 aromatic carbocycles. The first-order valence-corrected chi connectivity index (χ1v) is 7.10. The molecule has 0 saturated heterocycles. The molecule has 7 nitrogen and oxygen atoms in total. The minimum absolute atomic E-state index is 0.302. The van der Waals surface area contributed by atoms with E-state index in [0.717, 1.165) is 5.56 Å². The SMILES string of the molecule is COc1ccc(C[C@H](NC(=O)O)c2ocnc2C(C)(C)O)cc1. The number of benzene rings is 1. The predicted molar refractivity (Wildman–Crippen MR) is 82.3 cm³/mol. The molecule has 1 aromatic heterocycles. The monoisotopic (exact) mass is 320 g/mol. The highest BCUT2D eigenvalue weighted by atomic mass is 16.5. The summed E-state index contributed by atoms with van der Waals surface area (Å²) >= 11 is 0. The first-order valence-electron chi connectivity index (χ1n) is 7.10. The first kappa shape index (κ1) is 16.8. The van der Waals surface area contributed by atoms with Crippen LogP contribution >= 0.6 is 0 Å². The second-order valence-corrected chi connectivity index (χ2v) is 5.68. The lowest BCUT2D eigenvalue weighted by molar-refractivity contribution is 0.0713. The molecule has 0 aliphatic heterocycles. The summed E-state index contributed by atoms with van der Waals surface area (Å²) in [5, 5.41) is 21.7. The number of ether oxygens (including phenoxy) is 1. The first-order chi connectivity index (χ1) is 10.8. The van der Waals surface area contributed by atoms with Gasteiger partial charge in [-0.25, -0.2) is 9.78 Å². The normalized spacial score (nSPS) is 12.7. The second kappa shape index (κ2) is 6.70. The van der Waals surface area contributed by atoms with Crippen LogP contribution in [-0.2, 0) is 12.0 Å². The van der Waals surface area contributed by atoms with Gasteiger partial charge in [-0.3, -0.25) is 0 Å². The van der Waals surface area contributed by atoms with Gasteiger partial charge in [0.15, 0.2) is 12.2 Å². The number of aliphatic hydroxyl groups is 1. The number of hydrogen-bond acceptors (Lipinski definition) is 5. The minimum Gasteiger partial charge on any atom is -0.497 e. The number of carbonyl (C=O) groups is 1. The lowest BCUT2D eigenvalue weighted by Crippen LogP contribution is -2.30. The third-order valence-corrected chi connectivity index (χ3v) is 3.39. The van der Waals surface area contributed by atoms with E-state index in [4.69, 9.17) is 14.3 Å². The van der Waals surface area contributed by atoms with Gasteiger partial charge in [-0.15, -0.1) is 0 Å². The Morgan fingerprint density at radius 1 is 1.39 bits per heavy atom. The van der Waals surface area contributed by atoms with Crippen molar-refractivity contribution in [1.29, 1.82) is 0 Å². The summed E-state index contributed by atoms with van der Waals surface area (Å²) in [5.41, 5.74) is -0.0341. The molecule has 0 unspecified atom stereocenters. The van der Waals surface area contributed by atoms with Gasteiger partial charge in [0, 0.05) is 6.42 Å². The van der Waals surface area contributed by atoms with Crippen LogP contribution in [0.2, 0.25) is 0 Å². The Morgan fingerprint density at radius 2 is 2.04 bits per heavy atom. The number of hydrogen-bond donors (Lipinski definition) is 3. The average molecular weight is 320 g/mol. The number of aromatic nitrogens is 1. The van der Waals surface area contributed by atoms with Gasteiger partial charge < -0.3 is 24.7 Å². The predicted octanol–water partition coefficient (Wildman–Crippen LogP) is 2.46. The number of methoxy groups -OCH3 is 1. The number of oxazole rings is 1. The maximum Gasteiger partial charge on any atom is 0.405 e. The van der Waals surface area contributed by atoms with Crippen LogP contribution in [0.15, 0.2) is 35.1 Å². The Kier molecular flexibility index (Phi) is 4.90. The van der Waals surface area contributed by atoms with Crippen molar-refractivity contribution in [2.24, 2.45) is 0 Å². The van der Waals surface area contributed by atoms with Crippen LogP contribution in [0.25, 0.3) is 0 Å². The van der Waals surface area contributed by atoms with Gasteiger partial charge >= 0.3 is 6.09 Å². The Hall–Kier alpha value is -2.54. The van der Waals surface area contributed by atoms with Crippen LogP contribution < -0.4 is 10.1 Å². The summed E-state index contributed by atoms with van der Waals surface area (Å²) in [4.78, 5) is 15.1. The fourth-order valence-corrected chi connectivity index (χ4v) is 2.32. The Bertz CT molecular complexity index is 658. The number of nitrogens with zero attached hydrogens (tertiary/aromatic N) is 1. The van der Waals surface area contributed by atoms with E-state index in [1.807, 2.05) is 12.1 Å². The summed E-state index contributed by atoms with van der Waals surface area (Å²) in [7, 11) is 1.58. The molecule has 0 saturated carbocycles. The van der Waals surface area contributed by atoms with Crippen molar-refractivity contribution in [2.75, 3.05) is 7.11 Å². The molecule has 0 radical (unpaired) electrons. The summed E-state index contributed by atoms with van der Waals surface area (Å²) in [6, 6.07) is 6.62. The van der Waals surface area contributed by atoms with E-state index in [9.17, 15) is 9.90 Å². The standard InChI is InChI=1S/C16H20N2O5/c1-16(2,21)14-13(23-9-17-14)12(18-15(19)20)8-10-4-6-11(22-3)7-5-10/h4-7,9,12,18,21H,8H2,1-3H3,(H,19,20)/t12-/m0/s1. The van der Waals surface area contributed by atoms with E-state index in [2.05, 4.69) is 10.3 Å². The van der Waals surface area contributed by atoms with Crippen LogP contribution in [0.1, 0.15) is 36.9 Å². The molecule has 0 aliphatic rings. The number of carboxylic acid groups (broad SMARTS) is 1. The zero-order chi connectivity index (χ0) is 17.0. The quantitative estimate of drug-likeness (QED) is 0.755. The number of amides is 1. The van der Waals surface area contributed by atoms with E-state index < -0.39 is 17.7 Å². The number of nitrogens with one attached hydrogen (secondary N) is 1. The summed E-state index contributed by atoms with van der Waals surface area (Å²) in [5.74, 6) is 1.02. The van der Waals surface area contributed by atoms with Crippen molar-refractivity contribution in [3.63, 3.8) is 0 Å². The molecule has 124 valence electrons. The average Bonchev–Trinajstić information content (AvgIpc) is 2.96. The van der Waals surface area contributed by atoms with E-state index in [1.165, 1.54) is 6.39 Å². The zero-order valence-electron chi connectivity index (χ0n) is 13.2. The molecule has 7 heteroatoms. The third-order valence-electron chi connectivity index (χ3n) is 3.39. The Morgan fingerprint density at radius 3 is 2.57 bits per heavy atom. The van der Waals surface area contributed by atoms with Gasteiger partial charge in [0.05, 0.1) is 13.2 Å². The summed E-state index contributed by atoms with van der Waals surface area (Å²) < 4.78 is 10.5. The van der Waals surface area contributed by atoms with Crippen LogP contribution in [0, 0.1) is 0 Å². The van der Waals surface area contributed by atoms with Crippen molar-refractivity contribution in [1.82, 2.24) is 10.3 Å². The van der Waals surface area contributed by atoms with Crippen molar-refractivity contribution in [3.8, 4) is 5.75 Å². The molecular formula is C16H20N2O5. The molecule has 0 bridgehead atoms. The molecule has 0 spiro atoms. The van der Waals surface area contributed by atoms with Gasteiger partial charge in [0.2, 0.25) is 0 Å². The number of rotatable bonds is 6. The minimum atomic E-state index is -1.24. The highest BCUT2D eigenvalue weighted by molar-refractivity contribution is 5.65. The molecule has 2 rings (SSSR count). The van der Waals surface area contributed by atoms with E-state index in [-0.39, 0.29) is 0 Å². The molecule has 23 heavy (non-hydrogen) atoms. The fourth-order valence-electron chi connectivity index (χ4n) is 2.32. The van der Waals surface area contributed by atoms with Crippen molar-refractivity contribution in [2.45, 2.75) is 31.9 Å². The topological polar surface area (TPSA) is 105 Å². The largest absolute Gasteiger partial charge is 0.497 e. The molecule has 2 aromatic rings. The molecule has 1 heterocycles. The van der Waals surface area contributed by atoms with Gasteiger partial charge in [-0.2, -0.15) is 0 Å². The molecule has 3 N–H and O–H groups in total. The molecular weight excluding hydrogens is 300 g/mol. The maximum absolute atomic E-state index is 11.1. The summed E-state index contributed by atoms with van der Waals surface area (Å²) in [6.45, 7) is 3.14. The van der Waals surface area contributed by atoms with E-state index >= 15 is 0 Å². The lowest BCUT2D eigenvalue weighted by Gasteiger charge is -2.21. The zero-order valence-corrected chi connectivity index (χ0v) is 13.2. The van der Waals surface area contributed by atoms with Gasteiger partial charge in [0.25, 0.3) is 0 Å². The highest BCUT2D eigenvalue weighted by Gasteiger charge is 2.30. The van der Waals surface area contributed by atoms with Gasteiger partial charge in [0.1, 0.15) is 17.0 Å². The van der Waals surface area contributed by atoms with Crippen LogP contribution in [0.4, 0.5) is 4.79 Å². The second-order valence-electron chi connectivity index (χ2n) is 5.68. The van der Waals surface area contributed by atoms with Crippen molar-refractivity contribution in [3.05, 3.63) is 47.7 Å². The highest BCUT2D eigenvalue weighted by Crippen LogP contribution is 2.29. The molecule has 1 atom stereocenters. The van der Waals surface area contributed by atoms with Crippen LogP contribution in [0.3, 0.4) is 0 Å². The van der Waals surface area contributed by atoms with Crippen LogP contribution in [-0.4, -0.2) is 28.4 Å². The van der Waals surface area contributed by atoms with Crippen molar-refractivity contribution >= 4 is 6.09 Å². The van der Waals surface area contributed by atoms with Gasteiger partial charge in [-0.1, -0.05) is 12.1 Å². The van der Waals surface area contributed by atoms with E-state index in [0.29, 0.717) is 23.6 Å².